The van der Waals surface area contributed by atoms with Gasteiger partial charge < -0.3 is 4.98 Å². The molecule has 1 aromatic carbocycles. The number of H-pyrrole nitrogens is 1. The van der Waals surface area contributed by atoms with Gasteiger partial charge in [-0.3, -0.25) is 4.72 Å². The molecule has 0 saturated carbocycles. The molecule has 1 heterocycles. The molecule has 18 heavy (non-hydrogen) atoms. The van der Waals surface area contributed by atoms with Crippen LogP contribution in [0.25, 0.3) is 11.3 Å². The van der Waals surface area contributed by atoms with Crippen LogP contribution < -0.4 is 4.72 Å². The van der Waals surface area contributed by atoms with Gasteiger partial charge in [-0.25, -0.2) is 13.4 Å². The third kappa shape index (κ3) is 2.70. The molecule has 96 valence electrons. The summed E-state index contributed by atoms with van der Waals surface area (Å²) in [5.41, 5.74) is 3.37. The number of benzene rings is 1. The lowest BCUT2D eigenvalue weighted by Crippen LogP contribution is -2.14. The van der Waals surface area contributed by atoms with Crippen molar-refractivity contribution in [3.05, 3.63) is 36.3 Å². The van der Waals surface area contributed by atoms with Crippen LogP contribution in [0.3, 0.4) is 0 Å². The zero-order chi connectivity index (χ0) is 13.2. The van der Waals surface area contributed by atoms with Gasteiger partial charge in [0.1, 0.15) is 0 Å². The summed E-state index contributed by atoms with van der Waals surface area (Å²) in [6, 6.07) is 7.15. The topological polar surface area (TPSA) is 74.8 Å². The first-order valence-corrected chi connectivity index (χ1v) is 7.28. The molecule has 1 aromatic heterocycles. The molecule has 0 aliphatic heterocycles. The van der Waals surface area contributed by atoms with Crippen LogP contribution in [0, 0.1) is 6.92 Å². The van der Waals surface area contributed by atoms with Crippen molar-refractivity contribution in [2.24, 2.45) is 0 Å². The number of aromatic amines is 1. The van der Waals surface area contributed by atoms with Gasteiger partial charge in [-0.05, 0) is 26.0 Å². The van der Waals surface area contributed by atoms with Crippen molar-refractivity contribution in [3.63, 3.8) is 0 Å². The number of aromatic nitrogens is 2. The fourth-order valence-electron chi connectivity index (χ4n) is 1.60. The van der Waals surface area contributed by atoms with Gasteiger partial charge >= 0.3 is 0 Å². The molecular weight excluding hydrogens is 250 g/mol. The average Bonchev–Trinajstić information content (AvgIpc) is 2.76. The minimum absolute atomic E-state index is 0.0627. The molecular formula is C12H15N3O2S. The van der Waals surface area contributed by atoms with Gasteiger partial charge in [0.15, 0.2) is 0 Å². The van der Waals surface area contributed by atoms with Crippen LogP contribution in [0.15, 0.2) is 30.6 Å². The molecule has 2 aromatic rings. The second-order valence-corrected chi connectivity index (χ2v) is 5.97. The van der Waals surface area contributed by atoms with Crippen LogP contribution in [0.4, 0.5) is 5.69 Å². The predicted molar refractivity (Wildman–Crippen MR) is 71.8 cm³/mol. The van der Waals surface area contributed by atoms with E-state index in [1.165, 1.54) is 0 Å². The summed E-state index contributed by atoms with van der Waals surface area (Å²) in [7, 11) is -3.22. The van der Waals surface area contributed by atoms with Crippen LogP contribution in [0.5, 0.6) is 0 Å². The summed E-state index contributed by atoms with van der Waals surface area (Å²) >= 11 is 0. The standard InChI is InChI=1S/C12H15N3O2S/c1-3-18(16,17)15-11-6-4-10(5-7-11)12-9(2)13-8-14-12/h4-8,15H,3H2,1-2H3,(H,13,14). The quantitative estimate of drug-likeness (QED) is 0.889. The lowest BCUT2D eigenvalue weighted by Gasteiger charge is -2.06. The van der Waals surface area contributed by atoms with Crippen molar-refractivity contribution in [1.29, 1.82) is 0 Å². The molecule has 0 aliphatic rings. The Balaban J connectivity index is 2.24. The maximum atomic E-state index is 11.4. The second kappa shape index (κ2) is 4.81. The monoisotopic (exact) mass is 265 g/mol. The molecule has 0 spiro atoms. The number of hydrogen-bond acceptors (Lipinski definition) is 3. The summed E-state index contributed by atoms with van der Waals surface area (Å²) in [4.78, 5) is 7.22. The largest absolute Gasteiger partial charge is 0.348 e. The molecule has 0 bridgehead atoms. The zero-order valence-electron chi connectivity index (χ0n) is 10.3. The van der Waals surface area contributed by atoms with E-state index < -0.39 is 10.0 Å². The summed E-state index contributed by atoms with van der Waals surface area (Å²) < 4.78 is 25.3. The van der Waals surface area contributed by atoms with Crippen molar-refractivity contribution in [2.75, 3.05) is 10.5 Å². The number of nitrogens with one attached hydrogen (secondary N) is 2. The van der Waals surface area contributed by atoms with Gasteiger partial charge in [-0.2, -0.15) is 0 Å². The second-order valence-electron chi connectivity index (χ2n) is 3.96. The van der Waals surface area contributed by atoms with E-state index in [1.807, 2.05) is 19.1 Å². The number of nitrogens with zero attached hydrogens (tertiary/aromatic N) is 1. The molecule has 0 unspecified atom stereocenters. The molecule has 2 rings (SSSR count). The lowest BCUT2D eigenvalue weighted by atomic mass is 10.1. The molecule has 0 saturated heterocycles. The van der Waals surface area contributed by atoms with Gasteiger partial charge in [-0.15, -0.1) is 0 Å². The minimum atomic E-state index is -3.22. The SMILES string of the molecule is CCS(=O)(=O)Nc1ccc(-c2nc[nH]c2C)cc1. The van der Waals surface area contributed by atoms with Crippen LogP contribution in [-0.2, 0) is 10.0 Å². The summed E-state index contributed by atoms with van der Waals surface area (Å²) in [6.07, 6.45) is 1.64. The average molecular weight is 265 g/mol. The number of sulfonamides is 1. The maximum Gasteiger partial charge on any atom is 0.232 e. The Morgan fingerprint density at radius 3 is 2.44 bits per heavy atom. The van der Waals surface area contributed by atoms with Crippen molar-refractivity contribution in [3.8, 4) is 11.3 Å². The van der Waals surface area contributed by atoms with E-state index in [2.05, 4.69) is 14.7 Å². The van der Waals surface area contributed by atoms with E-state index in [1.54, 1.807) is 25.4 Å². The normalized spacial score (nSPS) is 11.4. The molecule has 6 heteroatoms. The maximum absolute atomic E-state index is 11.4. The predicted octanol–water partition coefficient (Wildman–Crippen LogP) is 2.15. The molecule has 5 nitrogen and oxygen atoms in total. The van der Waals surface area contributed by atoms with Gasteiger partial charge in [0.25, 0.3) is 0 Å². The molecule has 0 amide bonds. The Labute approximate surface area is 106 Å². The van der Waals surface area contributed by atoms with E-state index in [4.69, 9.17) is 0 Å². The Kier molecular flexibility index (Phi) is 3.38. The smallest absolute Gasteiger partial charge is 0.232 e. The van der Waals surface area contributed by atoms with Crippen LogP contribution in [-0.4, -0.2) is 24.1 Å². The zero-order valence-corrected chi connectivity index (χ0v) is 11.1. The van der Waals surface area contributed by atoms with Crippen molar-refractivity contribution < 1.29 is 8.42 Å². The Morgan fingerprint density at radius 2 is 1.94 bits per heavy atom. The summed E-state index contributed by atoms with van der Waals surface area (Å²) in [5, 5.41) is 0. The van der Waals surface area contributed by atoms with Gasteiger partial charge in [-0.1, -0.05) is 12.1 Å². The highest BCUT2D eigenvalue weighted by Gasteiger charge is 2.08. The van der Waals surface area contributed by atoms with Crippen LogP contribution >= 0.6 is 0 Å². The number of hydrogen-bond donors (Lipinski definition) is 2. The third-order valence-corrected chi connectivity index (χ3v) is 3.95. The van der Waals surface area contributed by atoms with Gasteiger partial charge in [0.2, 0.25) is 10.0 Å². The Hall–Kier alpha value is -1.82. The van der Waals surface area contributed by atoms with E-state index in [0.29, 0.717) is 5.69 Å². The summed E-state index contributed by atoms with van der Waals surface area (Å²) in [6.45, 7) is 3.54. The fraction of sp³-hybridized carbons (Fsp3) is 0.250. The molecule has 0 atom stereocenters. The number of aryl methyl sites for hydroxylation is 1. The van der Waals surface area contributed by atoms with E-state index >= 15 is 0 Å². The van der Waals surface area contributed by atoms with Gasteiger partial charge in [0, 0.05) is 16.9 Å². The first kappa shape index (κ1) is 12.6. The highest BCUT2D eigenvalue weighted by atomic mass is 32.2. The Bertz CT molecular complexity index is 630. The van der Waals surface area contributed by atoms with Crippen molar-refractivity contribution in [1.82, 2.24) is 9.97 Å². The number of rotatable bonds is 4. The minimum Gasteiger partial charge on any atom is -0.348 e. The highest BCUT2D eigenvalue weighted by molar-refractivity contribution is 7.92. The van der Waals surface area contributed by atoms with Gasteiger partial charge in [0.05, 0.1) is 17.8 Å². The van der Waals surface area contributed by atoms with E-state index in [9.17, 15) is 8.42 Å². The van der Waals surface area contributed by atoms with E-state index in [0.717, 1.165) is 17.0 Å². The van der Waals surface area contributed by atoms with Crippen LogP contribution in [0.1, 0.15) is 12.6 Å². The first-order valence-electron chi connectivity index (χ1n) is 5.63. The first-order chi connectivity index (χ1) is 8.52. The molecule has 0 fully saturated rings. The molecule has 0 aliphatic carbocycles. The van der Waals surface area contributed by atoms with E-state index in [-0.39, 0.29) is 5.75 Å². The van der Waals surface area contributed by atoms with Crippen LogP contribution in [0.2, 0.25) is 0 Å². The molecule has 2 N–H and O–H groups in total. The third-order valence-electron chi connectivity index (χ3n) is 2.64. The highest BCUT2D eigenvalue weighted by Crippen LogP contribution is 2.22. The number of anilines is 1. The fourth-order valence-corrected chi connectivity index (χ4v) is 2.24. The lowest BCUT2D eigenvalue weighted by molar-refractivity contribution is 0.602. The number of imidazole rings is 1. The summed E-state index contributed by atoms with van der Waals surface area (Å²) in [5.74, 6) is 0.0627. The Morgan fingerprint density at radius 1 is 1.28 bits per heavy atom. The van der Waals surface area contributed by atoms with Crippen molar-refractivity contribution in [2.45, 2.75) is 13.8 Å². The molecule has 0 radical (unpaired) electrons. The van der Waals surface area contributed by atoms with Crippen molar-refractivity contribution >= 4 is 15.7 Å².